The molecule has 0 saturated heterocycles. The van der Waals surface area contributed by atoms with Crippen LogP contribution in [0.5, 0.6) is 5.88 Å². The Morgan fingerprint density at radius 2 is 1.91 bits per heavy atom. The Labute approximate surface area is 134 Å². The van der Waals surface area contributed by atoms with Gasteiger partial charge in [0.1, 0.15) is 0 Å². The molecule has 0 saturated carbocycles. The average molecular weight is 307 g/mol. The van der Waals surface area contributed by atoms with Crippen LogP contribution in [0.15, 0.2) is 54.6 Å². The maximum Gasteiger partial charge on any atom is 0.341 e. The van der Waals surface area contributed by atoms with Gasteiger partial charge in [0, 0.05) is 11.5 Å². The number of hydrogen-bond acceptors (Lipinski definition) is 3. The minimum Gasteiger partial charge on any atom is -0.479 e. The Bertz CT molecular complexity index is 844. The molecule has 0 aliphatic rings. The molecule has 23 heavy (non-hydrogen) atoms. The molecule has 0 aliphatic carbocycles. The monoisotopic (exact) mass is 307 g/mol. The van der Waals surface area contributed by atoms with E-state index in [4.69, 9.17) is 9.84 Å². The number of benzene rings is 2. The lowest BCUT2D eigenvalue weighted by Gasteiger charge is -2.11. The van der Waals surface area contributed by atoms with Crippen LogP contribution in [0.1, 0.15) is 12.5 Å². The van der Waals surface area contributed by atoms with Crippen LogP contribution in [0.4, 0.5) is 0 Å². The first-order chi connectivity index (χ1) is 11.2. The van der Waals surface area contributed by atoms with Crippen molar-refractivity contribution in [2.75, 3.05) is 6.61 Å². The molecule has 0 unspecified atom stereocenters. The highest BCUT2D eigenvalue weighted by Gasteiger charge is 2.10. The van der Waals surface area contributed by atoms with E-state index in [1.165, 1.54) is 5.56 Å². The van der Waals surface area contributed by atoms with Crippen molar-refractivity contribution in [1.82, 2.24) is 4.98 Å². The predicted molar refractivity (Wildman–Crippen MR) is 89.7 cm³/mol. The summed E-state index contributed by atoms with van der Waals surface area (Å²) in [6.07, 6.45) is 0.946. The molecule has 0 atom stereocenters. The maximum atomic E-state index is 10.7. The number of fused-ring (bicyclic) bond motifs is 1. The third kappa shape index (κ3) is 3.31. The van der Waals surface area contributed by atoms with E-state index in [1.54, 1.807) is 6.07 Å². The number of pyridine rings is 1. The van der Waals surface area contributed by atoms with Gasteiger partial charge in [-0.3, -0.25) is 0 Å². The Morgan fingerprint density at radius 1 is 1.13 bits per heavy atom. The van der Waals surface area contributed by atoms with Crippen LogP contribution in [-0.4, -0.2) is 22.7 Å². The standard InChI is InChI=1S/C19H17NO3/c1-2-13-8-9-17-16(10-13)15(14-6-4-3-5-7-14)11-18(20-17)23-12-19(21)22/h3-11H,2,12H2,1H3,(H,21,22). The lowest BCUT2D eigenvalue weighted by atomic mass is 9.99. The van der Waals surface area contributed by atoms with Crippen LogP contribution in [0.25, 0.3) is 22.0 Å². The highest BCUT2D eigenvalue weighted by atomic mass is 16.5. The van der Waals surface area contributed by atoms with Crippen LogP contribution in [-0.2, 0) is 11.2 Å². The lowest BCUT2D eigenvalue weighted by Crippen LogP contribution is -2.10. The molecule has 3 rings (SSSR count). The number of carboxylic acids is 1. The minimum absolute atomic E-state index is 0.322. The van der Waals surface area contributed by atoms with Gasteiger partial charge in [-0.1, -0.05) is 43.3 Å². The van der Waals surface area contributed by atoms with E-state index in [2.05, 4.69) is 18.0 Å². The molecule has 0 fully saturated rings. The first-order valence-corrected chi connectivity index (χ1v) is 7.51. The van der Waals surface area contributed by atoms with Gasteiger partial charge in [-0.05, 0) is 35.2 Å². The fourth-order valence-electron chi connectivity index (χ4n) is 2.53. The number of aryl methyl sites for hydroxylation is 1. The zero-order chi connectivity index (χ0) is 16.2. The molecular formula is C19H17NO3. The minimum atomic E-state index is -1.02. The van der Waals surface area contributed by atoms with Crippen LogP contribution in [0.2, 0.25) is 0 Å². The SMILES string of the molecule is CCc1ccc2nc(OCC(=O)O)cc(-c3ccccc3)c2c1. The molecule has 0 amide bonds. The predicted octanol–water partition coefficient (Wildman–Crippen LogP) is 3.93. The molecule has 1 heterocycles. The first-order valence-electron chi connectivity index (χ1n) is 7.51. The summed E-state index contributed by atoms with van der Waals surface area (Å²) in [5.41, 5.74) is 4.07. The Kier molecular flexibility index (Phi) is 4.24. The van der Waals surface area contributed by atoms with Crippen molar-refractivity contribution in [3.8, 4) is 17.0 Å². The van der Waals surface area contributed by atoms with E-state index < -0.39 is 12.6 Å². The number of ether oxygens (including phenoxy) is 1. The fraction of sp³-hybridized carbons (Fsp3) is 0.158. The number of aromatic nitrogens is 1. The Balaban J connectivity index is 2.17. The second kappa shape index (κ2) is 6.48. The highest BCUT2D eigenvalue weighted by molar-refractivity contribution is 5.95. The molecule has 3 aromatic rings. The molecule has 0 radical (unpaired) electrons. The molecule has 0 spiro atoms. The maximum absolute atomic E-state index is 10.7. The zero-order valence-corrected chi connectivity index (χ0v) is 12.8. The van der Waals surface area contributed by atoms with Crippen LogP contribution >= 0.6 is 0 Å². The van der Waals surface area contributed by atoms with Gasteiger partial charge in [0.05, 0.1) is 5.52 Å². The second-order valence-electron chi connectivity index (χ2n) is 5.26. The molecule has 0 aliphatic heterocycles. The molecule has 4 heteroatoms. The third-order valence-corrected chi connectivity index (χ3v) is 3.69. The summed E-state index contributed by atoms with van der Waals surface area (Å²) in [5.74, 6) is -0.697. The Morgan fingerprint density at radius 3 is 2.61 bits per heavy atom. The summed E-state index contributed by atoms with van der Waals surface area (Å²) in [5, 5.41) is 9.83. The number of carbonyl (C=O) groups is 1. The lowest BCUT2D eigenvalue weighted by molar-refractivity contribution is -0.139. The summed E-state index contributed by atoms with van der Waals surface area (Å²) in [6, 6.07) is 17.9. The molecular weight excluding hydrogens is 290 g/mol. The molecule has 0 bridgehead atoms. The van der Waals surface area contributed by atoms with Gasteiger partial charge in [0.2, 0.25) is 5.88 Å². The van der Waals surface area contributed by atoms with Gasteiger partial charge in [0.15, 0.2) is 6.61 Å². The van der Waals surface area contributed by atoms with Crippen molar-refractivity contribution in [2.45, 2.75) is 13.3 Å². The summed E-state index contributed by atoms with van der Waals surface area (Å²) >= 11 is 0. The van der Waals surface area contributed by atoms with Gasteiger partial charge in [-0.15, -0.1) is 0 Å². The van der Waals surface area contributed by atoms with Gasteiger partial charge in [0.25, 0.3) is 0 Å². The molecule has 1 N–H and O–H groups in total. The van der Waals surface area contributed by atoms with E-state index in [0.717, 1.165) is 28.5 Å². The number of hydrogen-bond donors (Lipinski definition) is 1. The quantitative estimate of drug-likeness (QED) is 0.776. The summed E-state index contributed by atoms with van der Waals surface area (Å²) in [4.78, 5) is 15.1. The van der Waals surface area contributed by atoms with Gasteiger partial charge >= 0.3 is 5.97 Å². The Hall–Kier alpha value is -2.88. The number of nitrogens with zero attached hydrogens (tertiary/aromatic N) is 1. The van der Waals surface area contributed by atoms with Gasteiger partial charge in [-0.25, -0.2) is 9.78 Å². The average Bonchev–Trinajstić information content (AvgIpc) is 2.59. The van der Waals surface area contributed by atoms with Crippen molar-refractivity contribution < 1.29 is 14.6 Å². The van der Waals surface area contributed by atoms with E-state index in [9.17, 15) is 4.79 Å². The van der Waals surface area contributed by atoms with Gasteiger partial charge < -0.3 is 9.84 Å². The van der Waals surface area contributed by atoms with Crippen LogP contribution in [0, 0.1) is 0 Å². The number of carboxylic acid groups (broad SMARTS) is 1. The second-order valence-corrected chi connectivity index (χ2v) is 5.26. The largest absolute Gasteiger partial charge is 0.479 e. The van der Waals surface area contributed by atoms with Crippen molar-refractivity contribution in [2.24, 2.45) is 0 Å². The van der Waals surface area contributed by atoms with Crippen molar-refractivity contribution in [3.63, 3.8) is 0 Å². The van der Waals surface area contributed by atoms with E-state index >= 15 is 0 Å². The first kappa shape index (κ1) is 15.0. The zero-order valence-electron chi connectivity index (χ0n) is 12.8. The molecule has 116 valence electrons. The topological polar surface area (TPSA) is 59.4 Å². The highest BCUT2D eigenvalue weighted by Crippen LogP contribution is 2.31. The van der Waals surface area contributed by atoms with Crippen molar-refractivity contribution >= 4 is 16.9 Å². The summed E-state index contributed by atoms with van der Waals surface area (Å²) in [7, 11) is 0. The smallest absolute Gasteiger partial charge is 0.341 e. The van der Waals surface area contributed by atoms with Gasteiger partial charge in [-0.2, -0.15) is 0 Å². The van der Waals surface area contributed by atoms with Crippen molar-refractivity contribution in [1.29, 1.82) is 0 Å². The molecule has 1 aromatic heterocycles. The fourth-order valence-corrected chi connectivity index (χ4v) is 2.53. The molecule has 4 nitrogen and oxygen atoms in total. The third-order valence-electron chi connectivity index (χ3n) is 3.69. The van der Waals surface area contributed by atoms with E-state index in [0.29, 0.717) is 5.88 Å². The normalized spacial score (nSPS) is 10.7. The summed E-state index contributed by atoms with van der Waals surface area (Å²) in [6.45, 7) is 1.71. The molecule has 2 aromatic carbocycles. The summed E-state index contributed by atoms with van der Waals surface area (Å²) < 4.78 is 5.28. The van der Waals surface area contributed by atoms with Crippen LogP contribution < -0.4 is 4.74 Å². The van der Waals surface area contributed by atoms with E-state index in [-0.39, 0.29) is 0 Å². The van der Waals surface area contributed by atoms with E-state index in [1.807, 2.05) is 42.5 Å². The van der Waals surface area contributed by atoms with Crippen molar-refractivity contribution in [3.05, 3.63) is 60.2 Å². The van der Waals surface area contributed by atoms with Crippen LogP contribution in [0.3, 0.4) is 0 Å². The number of rotatable bonds is 5. The number of aliphatic carboxylic acids is 1.